The van der Waals surface area contributed by atoms with Gasteiger partial charge in [-0.2, -0.15) is 0 Å². The number of carbonyl (C=O) groups excluding carboxylic acids is 1. The van der Waals surface area contributed by atoms with E-state index in [0.717, 1.165) is 25.7 Å². The summed E-state index contributed by atoms with van der Waals surface area (Å²) in [6, 6.07) is 0. The number of hydrogen-bond donors (Lipinski definition) is 0. The highest BCUT2D eigenvalue weighted by atomic mass is 16.1. The maximum atomic E-state index is 11.3. The van der Waals surface area contributed by atoms with Crippen molar-refractivity contribution in [1.82, 2.24) is 0 Å². The highest BCUT2D eigenvalue weighted by Crippen LogP contribution is 2.24. The molecule has 1 heteroatoms. The minimum absolute atomic E-state index is 0.359. The highest BCUT2D eigenvalue weighted by Gasteiger charge is 2.22. The minimum Gasteiger partial charge on any atom is -0.299 e. The predicted molar refractivity (Wildman–Crippen MR) is 60.2 cm³/mol. The van der Waals surface area contributed by atoms with E-state index in [1.54, 1.807) is 0 Å². The van der Waals surface area contributed by atoms with Crippen molar-refractivity contribution in [3.63, 3.8) is 0 Å². The Bertz CT molecular complexity index is 193. The second-order valence-corrected chi connectivity index (χ2v) is 4.26. The lowest BCUT2D eigenvalue weighted by molar-refractivity contribution is -0.120. The molecule has 1 rings (SSSR count). The summed E-state index contributed by atoms with van der Waals surface area (Å²) in [6.07, 6.45) is 13.6. The third-order valence-corrected chi connectivity index (χ3v) is 2.99. The van der Waals surface area contributed by atoms with Crippen LogP contribution in [-0.2, 0) is 4.79 Å². The topological polar surface area (TPSA) is 17.1 Å². The summed E-state index contributed by atoms with van der Waals surface area (Å²) in [6.45, 7) is 2.22. The van der Waals surface area contributed by atoms with Crippen LogP contribution in [0.1, 0.15) is 58.3 Å². The molecule has 1 aliphatic rings. The molecule has 0 aromatic heterocycles. The molecule has 1 aliphatic carbocycles. The Morgan fingerprint density at radius 2 is 2.21 bits per heavy atom. The molecule has 0 N–H and O–H groups in total. The lowest BCUT2D eigenvalue weighted by Crippen LogP contribution is -2.03. The Morgan fingerprint density at radius 3 is 2.86 bits per heavy atom. The number of rotatable bonds is 6. The van der Waals surface area contributed by atoms with Crippen molar-refractivity contribution in [2.45, 2.75) is 58.3 Å². The van der Waals surface area contributed by atoms with E-state index >= 15 is 0 Å². The van der Waals surface area contributed by atoms with E-state index in [2.05, 4.69) is 19.1 Å². The first kappa shape index (κ1) is 11.5. The molecule has 0 amide bonds. The van der Waals surface area contributed by atoms with E-state index in [1.165, 1.54) is 25.7 Å². The minimum atomic E-state index is 0.359. The molecular weight excluding hydrogens is 172 g/mol. The predicted octanol–water partition coefficient (Wildman–Crippen LogP) is 3.88. The lowest BCUT2D eigenvalue weighted by Gasteiger charge is -2.01. The van der Waals surface area contributed by atoms with Gasteiger partial charge < -0.3 is 0 Å². The molecule has 0 saturated heterocycles. The fourth-order valence-corrected chi connectivity index (χ4v) is 2.03. The fraction of sp³-hybridized carbons (Fsp3) is 0.769. The Morgan fingerprint density at radius 1 is 1.36 bits per heavy atom. The van der Waals surface area contributed by atoms with Gasteiger partial charge >= 0.3 is 0 Å². The van der Waals surface area contributed by atoms with E-state index in [-0.39, 0.29) is 0 Å². The summed E-state index contributed by atoms with van der Waals surface area (Å²) in [5.74, 6) is 0.848. The van der Waals surface area contributed by atoms with Crippen LogP contribution < -0.4 is 0 Å². The van der Waals surface area contributed by atoms with E-state index in [0.29, 0.717) is 11.7 Å². The Labute approximate surface area is 87.6 Å². The summed E-state index contributed by atoms with van der Waals surface area (Å²) in [5.41, 5.74) is 0. The van der Waals surface area contributed by atoms with Crippen LogP contribution in [0.25, 0.3) is 0 Å². The van der Waals surface area contributed by atoms with Crippen LogP contribution in [0.15, 0.2) is 12.2 Å². The Hall–Kier alpha value is -0.590. The third kappa shape index (κ3) is 4.08. The molecule has 0 spiro atoms. The molecule has 0 heterocycles. The summed E-state index contributed by atoms with van der Waals surface area (Å²) in [4.78, 5) is 11.3. The van der Waals surface area contributed by atoms with Crippen LogP contribution in [0.4, 0.5) is 0 Å². The summed E-state index contributed by atoms with van der Waals surface area (Å²) >= 11 is 0. The zero-order valence-corrected chi connectivity index (χ0v) is 9.30. The number of hydrogen-bond acceptors (Lipinski definition) is 1. The molecule has 80 valence electrons. The van der Waals surface area contributed by atoms with Crippen molar-refractivity contribution >= 4 is 5.78 Å². The van der Waals surface area contributed by atoms with Crippen LogP contribution in [0.3, 0.4) is 0 Å². The molecule has 1 atom stereocenters. The van der Waals surface area contributed by atoms with Gasteiger partial charge in [0.1, 0.15) is 5.78 Å². The first-order valence-corrected chi connectivity index (χ1v) is 6.02. The Kier molecular flexibility index (Phi) is 5.58. The molecule has 0 unspecified atom stereocenters. The van der Waals surface area contributed by atoms with Gasteiger partial charge in [0, 0.05) is 12.3 Å². The van der Waals surface area contributed by atoms with Gasteiger partial charge in [-0.05, 0) is 32.1 Å². The fourth-order valence-electron chi connectivity index (χ4n) is 2.03. The normalized spacial score (nSPS) is 22.4. The first-order valence-electron chi connectivity index (χ1n) is 6.02. The molecule has 0 radical (unpaired) electrons. The number of ketones is 1. The van der Waals surface area contributed by atoms with Crippen molar-refractivity contribution < 1.29 is 4.79 Å². The summed E-state index contributed by atoms with van der Waals surface area (Å²) in [5, 5.41) is 0. The van der Waals surface area contributed by atoms with Crippen molar-refractivity contribution in [3.05, 3.63) is 12.2 Å². The van der Waals surface area contributed by atoms with Gasteiger partial charge in [0.15, 0.2) is 0 Å². The van der Waals surface area contributed by atoms with Crippen molar-refractivity contribution in [2.24, 2.45) is 5.92 Å². The SMILES string of the molecule is CCCCC/C=C/C[C@@H]1CCCC1=O. The standard InChI is InChI=1S/C13H22O/c1-2-3-4-5-6-7-9-12-10-8-11-13(12)14/h6-7,12H,2-5,8-11H2,1H3/b7-6+/t12-/m1/s1. The van der Waals surface area contributed by atoms with Crippen LogP contribution >= 0.6 is 0 Å². The molecule has 0 aromatic rings. The largest absolute Gasteiger partial charge is 0.299 e. The number of unbranched alkanes of at least 4 members (excludes halogenated alkanes) is 3. The van der Waals surface area contributed by atoms with Gasteiger partial charge in [-0.15, -0.1) is 0 Å². The van der Waals surface area contributed by atoms with Crippen molar-refractivity contribution in [2.75, 3.05) is 0 Å². The quantitative estimate of drug-likeness (QED) is 0.463. The number of Topliss-reactive ketones (excluding diaryl/α,β-unsaturated/α-hetero) is 1. The third-order valence-electron chi connectivity index (χ3n) is 2.99. The lowest BCUT2D eigenvalue weighted by atomic mass is 10.0. The smallest absolute Gasteiger partial charge is 0.136 e. The molecule has 1 fully saturated rings. The van der Waals surface area contributed by atoms with E-state index in [9.17, 15) is 4.79 Å². The van der Waals surface area contributed by atoms with Crippen LogP contribution in [0.2, 0.25) is 0 Å². The van der Waals surface area contributed by atoms with Crippen molar-refractivity contribution in [3.8, 4) is 0 Å². The highest BCUT2D eigenvalue weighted by molar-refractivity contribution is 5.82. The second kappa shape index (κ2) is 6.80. The average molecular weight is 194 g/mol. The zero-order valence-electron chi connectivity index (χ0n) is 9.30. The average Bonchev–Trinajstić information content (AvgIpc) is 2.58. The molecule has 1 saturated carbocycles. The Balaban J connectivity index is 2.04. The van der Waals surface area contributed by atoms with Crippen LogP contribution in [0, 0.1) is 5.92 Å². The van der Waals surface area contributed by atoms with E-state index < -0.39 is 0 Å². The van der Waals surface area contributed by atoms with E-state index in [1.807, 2.05) is 0 Å². The number of carbonyl (C=O) groups is 1. The second-order valence-electron chi connectivity index (χ2n) is 4.26. The molecule has 0 aliphatic heterocycles. The molecule has 0 bridgehead atoms. The van der Waals surface area contributed by atoms with Crippen molar-refractivity contribution in [1.29, 1.82) is 0 Å². The first-order chi connectivity index (χ1) is 6.84. The maximum absolute atomic E-state index is 11.3. The van der Waals surface area contributed by atoms with Crippen LogP contribution in [0.5, 0.6) is 0 Å². The van der Waals surface area contributed by atoms with Gasteiger partial charge in [0.05, 0.1) is 0 Å². The van der Waals surface area contributed by atoms with Gasteiger partial charge in [-0.1, -0.05) is 31.9 Å². The molecule has 14 heavy (non-hydrogen) atoms. The summed E-state index contributed by atoms with van der Waals surface area (Å²) < 4.78 is 0. The van der Waals surface area contributed by atoms with Gasteiger partial charge in [0.25, 0.3) is 0 Å². The molecule has 1 nitrogen and oxygen atoms in total. The molecule has 0 aromatic carbocycles. The number of allylic oxidation sites excluding steroid dienone is 2. The van der Waals surface area contributed by atoms with Gasteiger partial charge in [0.2, 0.25) is 0 Å². The molecular formula is C13H22O. The summed E-state index contributed by atoms with van der Waals surface area (Å²) in [7, 11) is 0. The zero-order chi connectivity index (χ0) is 10.2. The van der Waals surface area contributed by atoms with Gasteiger partial charge in [-0.25, -0.2) is 0 Å². The maximum Gasteiger partial charge on any atom is 0.136 e. The van der Waals surface area contributed by atoms with Gasteiger partial charge in [-0.3, -0.25) is 4.79 Å². The van der Waals surface area contributed by atoms with E-state index in [4.69, 9.17) is 0 Å². The monoisotopic (exact) mass is 194 g/mol. The van der Waals surface area contributed by atoms with Crippen LogP contribution in [-0.4, -0.2) is 5.78 Å².